The van der Waals surface area contributed by atoms with Crippen LogP contribution in [0.5, 0.6) is 5.75 Å². The van der Waals surface area contributed by atoms with Crippen LogP contribution in [0.25, 0.3) is 0 Å². The van der Waals surface area contributed by atoms with Crippen molar-refractivity contribution in [2.75, 3.05) is 32.9 Å². The van der Waals surface area contributed by atoms with Gasteiger partial charge in [0, 0.05) is 30.6 Å². The number of rotatable bonds is 14. The van der Waals surface area contributed by atoms with E-state index >= 15 is 0 Å². The van der Waals surface area contributed by atoms with Crippen LogP contribution in [0.15, 0.2) is 47.2 Å². The standard InChI is InChI=1S/C26H35N5O5/c1-20(34)25-29-12-13-31(25)16-22-15-24(36-30-22)10-7-21-5-8-23(9-6-21)35-14-4-2-3-11-28-17-26(27,18-32)19-33/h5-6,8-9,12-13,15,20,28,32-34H,2-4,11,14,16-19,27H2,1H3/t20-/m0/s1. The SMILES string of the molecule is C[C@H](O)c1nccn1Cc1cc(C#Cc2ccc(OCCCCCNCC(N)(CO)CO)cc2)on1. The van der Waals surface area contributed by atoms with Crippen molar-refractivity contribution in [2.24, 2.45) is 5.73 Å². The van der Waals surface area contributed by atoms with E-state index in [0.29, 0.717) is 37.0 Å². The zero-order valence-corrected chi connectivity index (χ0v) is 20.6. The van der Waals surface area contributed by atoms with E-state index in [0.717, 1.165) is 37.1 Å². The topological polar surface area (TPSA) is 152 Å². The predicted octanol–water partition coefficient (Wildman–Crippen LogP) is 1.19. The number of hydrogen-bond acceptors (Lipinski definition) is 9. The lowest BCUT2D eigenvalue weighted by molar-refractivity contribution is 0.120. The molecule has 0 fully saturated rings. The minimum absolute atomic E-state index is 0.255. The summed E-state index contributed by atoms with van der Waals surface area (Å²) in [6.45, 7) is 3.36. The largest absolute Gasteiger partial charge is 0.494 e. The lowest BCUT2D eigenvalue weighted by Crippen LogP contribution is -2.54. The summed E-state index contributed by atoms with van der Waals surface area (Å²) in [5.74, 6) is 7.85. The Morgan fingerprint density at radius 3 is 2.67 bits per heavy atom. The first-order valence-electron chi connectivity index (χ1n) is 12.0. The maximum Gasteiger partial charge on any atom is 0.210 e. The maximum absolute atomic E-state index is 9.77. The van der Waals surface area contributed by atoms with Crippen molar-refractivity contribution in [1.29, 1.82) is 0 Å². The Morgan fingerprint density at radius 1 is 1.17 bits per heavy atom. The number of aliphatic hydroxyl groups is 3. The number of hydrogen-bond donors (Lipinski definition) is 5. The molecule has 0 radical (unpaired) electrons. The van der Waals surface area contributed by atoms with Crippen LogP contribution < -0.4 is 15.8 Å². The normalized spacial score (nSPS) is 12.2. The molecule has 0 aliphatic heterocycles. The molecule has 0 bridgehead atoms. The highest BCUT2D eigenvalue weighted by Gasteiger charge is 2.21. The van der Waals surface area contributed by atoms with Crippen LogP contribution in [0, 0.1) is 11.8 Å². The number of imidazole rings is 1. The predicted molar refractivity (Wildman–Crippen MR) is 134 cm³/mol. The van der Waals surface area contributed by atoms with E-state index in [1.807, 2.05) is 28.8 Å². The molecular weight excluding hydrogens is 462 g/mol. The Hall–Kier alpha value is -3.20. The number of benzene rings is 1. The van der Waals surface area contributed by atoms with Crippen molar-refractivity contribution in [1.82, 2.24) is 20.0 Å². The van der Waals surface area contributed by atoms with Gasteiger partial charge in [-0.1, -0.05) is 11.1 Å². The maximum atomic E-state index is 9.77. The van der Waals surface area contributed by atoms with Gasteiger partial charge in [-0.2, -0.15) is 0 Å². The molecule has 0 spiro atoms. The lowest BCUT2D eigenvalue weighted by atomic mass is 10.0. The van der Waals surface area contributed by atoms with E-state index in [4.69, 9.17) is 25.2 Å². The van der Waals surface area contributed by atoms with E-state index in [1.165, 1.54) is 0 Å². The Bertz CT molecular complexity index is 1110. The number of aliphatic hydroxyl groups excluding tert-OH is 3. The molecule has 0 saturated heterocycles. The van der Waals surface area contributed by atoms with Gasteiger partial charge in [0.25, 0.3) is 0 Å². The van der Waals surface area contributed by atoms with Gasteiger partial charge in [-0.15, -0.1) is 0 Å². The summed E-state index contributed by atoms with van der Waals surface area (Å²) in [7, 11) is 0. The van der Waals surface area contributed by atoms with Crippen LogP contribution in [-0.2, 0) is 6.54 Å². The summed E-state index contributed by atoms with van der Waals surface area (Å²) >= 11 is 0. The second kappa shape index (κ2) is 13.8. The average molecular weight is 498 g/mol. The fourth-order valence-corrected chi connectivity index (χ4v) is 3.43. The Balaban J connectivity index is 1.36. The average Bonchev–Trinajstić information content (AvgIpc) is 3.54. The Kier molecular flexibility index (Phi) is 10.5. The molecule has 0 aliphatic carbocycles. The molecule has 3 rings (SSSR count). The molecule has 6 N–H and O–H groups in total. The van der Waals surface area contributed by atoms with Gasteiger partial charge in [-0.25, -0.2) is 4.98 Å². The molecule has 1 aromatic carbocycles. The smallest absolute Gasteiger partial charge is 0.210 e. The number of unbranched alkanes of at least 4 members (excludes halogenated alkanes) is 2. The summed E-state index contributed by atoms with van der Waals surface area (Å²) < 4.78 is 12.9. The van der Waals surface area contributed by atoms with Gasteiger partial charge in [0.2, 0.25) is 5.76 Å². The van der Waals surface area contributed by atoms with Crippen LogP contribution in [-0.4, -0.2) is 68.5 Å². The van der Waals surface area contributed by atoms with Gasteiger partial charge in [-0.3, -0.25) is 0 Å². The molecule has 1 atom stereocenters. The van der Waals surface area contributed by atoms with Gasteiger partial charge in [0.05, 0.1) is 31.9 Å². The number of nitrogens with one attached hydrogen (secondary N) is 1. The zero-order chi connectivity index (χ0) is 25.8. The number of aromatic nitrogens is 3. The highest BCUT2D eigenvalue weighted by atomic mass is 16.5. The molecule has 2 aromatic heterocycles. The zero-order valence-electron chi connectivity index (χ0n) is 20.6. The first-order valence-corrected chi connectivity index (χ1v) is 12.0. The Morgan fingerprint density at radius 2 is 1.94 bits per heavy atom. The van der Waals surface area contributed by atoms with Crippen molar-refractivity contribution < 1.29 is 24.6 Å². The van der Waals surface area contributed by atoms with Gasteiger partial charge in [-0.05, 0) is 62.9 Å². The van der Waals surface area contributed by atoms with Gasteiger partial charge < -0.3 is 40.2 Å². The molecule has 10 heteroatoms. The van der Waals surface area contributed by atoms with Crippen molar-refractivity contribution in [2.45, 2.75) is 44.4 Å². The second-order valence-electron chi connectivity index (χ2n) is 8.81. The summed E-state index contributed by atoms with van der Waals surface area (Å²) in [6.07, 6.45) is 5.63. The molecule has 2 heterocycles. The third-order valence-electron chi connectivity index (χ3n) is 5.57. The summed E-state index contributed by atoms with van der Waals surface area (Å²) in [6, 6.07) is 9.34. The van der Waals surface area contributed by atoms with Crippen LogP contribution in [0.1, 0.15) is 55.1 Å². The van der Waals surface area contributed by atoms with Crippen LogP contribution in [0.2, 0.25) is 0 Å². The summed E-state index contributed by atoms with van der Waals surface area (Å²) in [5.41, 5.74) is 6.37. The number of ether oxygens (including phenoxy) is 1. The fraction of sp³-hybridized carbons (Fsp3) is 0.462. The van der Waals surface area contributed by atoms with Crippen LogP contribution in [0.3, 0.4) is 0 Å². The highest BCUT2D eigenvalue weighted by molar-refractivity contribution is 5.41. The molecule has 0 aliphatic rings. The lowest BCUT2D eigenvalue weighted by Gasteiger charge is -2.24. The first kappa shape index (κ1) is 27.4. The quantitative estimate of drug-likeness (QED) is 0.163. The molecule has 0 saturated carbocycles. The van der Waals surface area contributed by atoms with E-state index < -0.39 is 11.6 Å². The summed E-state index contributed by atoms with van der Waals surface area (Å²) in [4.78, 5) is 4.15. The first-order chi connectivity index (χ1) is 17.4. The van der Waals surface area contributed by atoms with E-state index in [9.17, 15) is 5.11 Å². The molecule has 0 amide bonds. The van der Waals surface area contributed by atoms with Crippen molar-refractivity contribution in [3.63, 3.8) is 0 Å². The van der Waals surface area contributed by atoms with Gasteiger partial charge >= 0.3 is 0 Å². The molecule has 36 heavy (non-hydrogen) atoms. The van der Waals surface area contributed by atoms with Crippen molar-refractivity contribution in [3.05, 3.63) is 65.6 Å². The molecule has 0 unspecified atom stereocenters. The molecule has 10 nitrogen and oxygen atoms in total. The molecular formula is C26H35N5O5. The number of nitrogens with zero attached hydrogens (tertiary/aromatic N) is 3. The monoisotopic (exact) mass is 497 g/mol. The Labute approximate surface area is 211 Å². The van der Waals surface area contributed by atoms with E-state index in [-0.39, 0.29) is 13.2 Å². The van der Waals surface area contributed by atoms with Crippen molar-refractivity contribution >= 4 is 0 Å². The van der Waals surface area contributed by atoms with Crippen LogP contribution >= 0.6 is 0 Å². The highest BCUT2D eigenvalue weighted by Crippen LogP contribution is 2.14. The third-order valence-corrected chi connectivity index (χ3v) is 5.57. The van der Waals surface area contributed by atoms with Crippen LogP contribution in [0.4, 0.5) is 0 Å². The van der Waals surface area contributed by atoms with Crippen molar-refractivity contribution in [3.8, 4) is 17.6 Å². The molecule has 194 valence electrons. The summed E-state index contributed by atoms with van der Waals surface area (Å²) in [5, 5.41) is 35.3. The molecule has 3 aromatic rings. The number of nitrogens with two attached hydrogens (primary N) is 1. The minimum atomic E-state index is -0.970. The van der Waals surface area contributed by atoms with E-state index in [2.05, 4.69) is 27.3 Å². The minimum Gasteiger partial charge on any atom is -0.494 e. The fourth-order valence-electron chi connectivity index (χ4n) is 3.43. The third kappa shape index (κ3) is 8.48. The second-order valence-corrected chi connectivity index (χ2v) is 8.81. The van der Waals surface area contributed by atoms with Gasteiger partial charge in [0.1, 0.15) is 23.4 Å². The van der Waals surface area contributed by atoms with Gasteiger partial charge in [0.15, 0.2) is 0 Å². The van der Waals surface area contributed by atoms with E-state index in [1.54, 1.807) is 25.4 Å².